The van der Waals surface area contributed by atoms with Gasteiger partial charge in [-0.05, 0) is 6.42 Å². The molecule has 0 aromatic carbocycles. The van der Waals surface area contributed by atoms with Crippen molar-refractivity contribution in [1.29, 1.82) is 0 Å². The van der Waals surface area contributed by atoms with E-state index in [1.54, 1.807) is 0 Å². The molecule has 0 amide bonds. The highest BCUT2D eigenvalue weighted by Crippen LogP contribution is 2.54. The average Bonchev–Trinajstić information content (AvgIpc) is 2.44. The van der Waals surface area contributed by atoms with Crippen molar-refractivity contribution in [1.82, 2.24) is 0 Å². The minimum Gasteiger partial charge on any atom is -0.396 e. The fraction of sp³-hybridized carbons (Fsp3) is 1.00. The molecule has 3 nitrogen and oxygen atoms in total. The second-order valence-electron chi connectivity index (χ2n) is 5.63. The van der Waals surface area contributed by atoms with E-state index in [9.17, 15) is 39.5 Å². The Morgan fingerprint density at radius 3 is 1.62 bits per heavy atom. The summed E-state index contributed by atoms with van der Waals surface area (Å²) in [5, 5.41) is 17.8. The van der Waals surface area contributed by atoms with Gasteiger partial charge in [0.2, 0.25) is 0 Å². The molecule has 0 saturated heterocycles. The maximum atomic E-state index is 13.2. The number of aliphatic hydroxyl groups excluding tert-OH is 2. The van der Waals surface area contributed by atoms with Crippen LogP contribution in [0.1, 0.15) is 19.8 Å². The van der Waals surface area contributed by atoms with Crippen LogP contribution in [0.2, 0.25) is 0 Å². The first-order chi connectivity index (χ1) is 10.6. The second kappa shape index (κ2) is 7.65. The van der Waals surface area contributed by atoms with Gasteiger partial charge < -0.3 is 14.9 Å². The summed E-state index contributed by atoms with van der Waals surface area (Å²) in [6.45, 7) is -0.774. The Morgan fingerprint density at radius 1 is 0.792 bits per heavy atom. The van der Waals surface area contributed by atoms with E-state index in [1.165, 1.54) is 6.92 Å². The van der Waals surface area contributed by atoms with E-state index in [4.69, 9.17) is 14.9 Å². The van der Waals surface area contributed by atoms with Crippen LogP contribution in [0.25, 0.3) is 0 Å². The van der Waals surface area contributed by atoms with Crippen LogP contribution >= 0.6 is 0 Å². The van der Waals surface area contributed by atoms with Crippen molar-refractivity contribution in [3.8, 4) is 0 Å². The smallest absolute Gasteiger partial charge is 0.396 e. The van der Waals surface area contributed by atoms with E-state index in [1.807, 2.05) is 0 Å². The summed E-state index contributed by atoms with van der Waals surface area (Å²) < 4.78 is 118. The Labute approximate surface area is 131 Å². The van der Waals surface area contributed by atoms with Gasteiger partial charge in [-0.25, -0.2) is 0 Å². The molecule has 0 heterocycles. The summed E-state index contributed by atoms with van der Waals surface area (Å²) in [5.74, 6) is -19.1. The molecule has 12 heteroatoms. The number of ether oxygens (including phenoxy) is 1. The number of rotatable bonds is 10. The third-order valence-corrected chi connectivity index (χ3v) is 3.20. The van der Waals surface area contributed by atoms with Crippen LogP contribution in [0.4, 0.5) is 39.5 Å². The Bertz CT molecular complexity index is 392. The zero-order valence-electron chi connectivity index (χ0n) is 12.4. The molecule has 146 valence electrons. The molecule has 0 spiro atoms. The standard InChI is InChI=1S/C12H17F9O3/c1-8(5-22,6-23)7-24-4-2-3-9(13,14)10(15,16)11(17,18)12(19,20)21/h22-23H,2-7H2,1H3. The van der Waals surface area contributed by atoms with Crippen LogP contribution in [0, 0.1) is 5.41 Å². The molecule has 24 heavy (non-hydrogen) atoms. The van der Waals surface area contributed by atoms with Crippen LogP contribution in [-0.2, 0) is 4.74 Å². The van der Waals surface area contributed by atoms with Gasteiger partial charge in [0.1, 0.15) is 0 Å². The third kappa shape index (κ3) is 4.88. The van der Waals surface area contributed by atoms with Crippen molar-refractivity contribution < 1.29 is 54.5 Å². The Kier molecular flexibility index (Phi) is 7.41. The fourth-order valence-electron chi connectivity index (χ4n) is 1.42. The summed E-state index contributed by atoms with van der Waals surface area (Å²) in [6, 6.07) is 0. The lowest BCUT2D eigenvalue weighted by Crippen LogP contribution is -2.60. The fourth-order valence-corrected chi connectivity index (χ4v) is 1.42. The van der Waals surface area contributed by atoms with Crippen molar-refractivity contribution in [3.63, 3.8) is 0 Å². The Balaban J connectivity index is 4.70. The molecule has 0 bridgehead atoms. The molecule has 0 atom stereocenters. The maximum Gasteiger partial charge on any atom is 0.460 e. The molecule has 0 rings (SSSR count). The van der Waals surface area contributed by atoms with Crippen molar-refractivity contribution in [2.45, 2.75) is 43.7 Å². The van der Waals surface area contributed by atoms with Gasteiger partial charge in [-0.3, -0.25) is 0 Å². The van der Waals surface area contributed by atoms with E-state index < -0.39 is 62.0 Å². The van der Waals surface area contributed by atoms with Crippen LogP contribution in [-0.4, -0.2) is 60.6 Å². The number of aliphatic hydroxyl groups is 2. The van der Waals surface area contributed by atoms with Gasteiger partial charge >= 0.3 is 23.9 Å². The molecule has 0 saturated carbocycles. The van der Waals surface area contributed by atoms with Crippen molar-refractivity contribution >= 4 is 0 Å². The molecule has 0 aromatic rings. The van der Waals surface area contributed by atoms with Gasteiger partial charge in [-0.1, -0.05) is 6.92 Å². The first-order valence-electron chi connectivity index (χ1n) is 6.57. The van der Waals surface area contributed by atoms with Gasteiger partial charge in [0.05, 0.1) is 19.8 Å². The highest BCUT2D eigenvalue weighted by Gasteiger charge is 2.81. The molecule has 2 N–H and O–H groups in total. The van der Waals surface area contributed by atoms with Crippen LogP contribution in [0.3, 0.4) is 0 Å². The number of hydrogen-bond donors (Lipinski definition) is 2. The van der Waals surface area contributed by atoms with Gasteiger partial charge in [0.25, 0.3) is 0 Å². The molecule has 0 fully saturated rings. The monoisotopic (exact) mass is 380 g/mol. The molecule has 0 aromatic heterocycles. The van der Waals surface area contributed by atoms with Gasteiger partial charge in [0.15, 0.2) is 0 Å². The van der Waals surface area contributed by atoms with E-state index in [0.29, 0.717) is 0 Å². The van der Waals surface area contributed by atoms with Crippen LogP contribution in [0.5, 0.6) is 0 Å². The SMILES string of the molecule is CC(CO)(CO)COCCCC(F)(F)C(F)(F)C(F)(F)C(F)(F)F. The topological polar surface area (TPSA) is 49.7 Å². The molecular formula is C12H17F9O3. The predicted molar refractivity (Wildman–Crippen MR) is 63.2 cm³/mol. The average molecular weight is 380 g/mol. The minimum absolute atomic E-state index is 0.360. The van der Waals surface area contributed by atoms with Crippen LogP contribution in [0.15, 0.2) is 0 Å². The summed E-state index contributed by atoms with van der Waals surface area (Å²) in [4.78, 5) is 0. The molecule has 0 radical (unpaired) electrons. The van der Waals surface area contributed by atoms with Crippen molar-refractivity contribution in [2.24, 2.45) is 5.41 Å². The Hall–Kier alpha value is -0.750. The number of hydrogen-bond acceptors (Lipinski definition) is 3. The summed E-state index contributed by atoms with van der Waals surface area (Å²) in [7, 11) is 0. The highest BCUT2D eigenvalue weighted by molar-refractivity contribution is 5.00. The quantitative estimate of drug-likeness (QED) is 0.452. The lowest BCUT2D eigenvalue weighted by atomic mass is 9.94. The molecule has 0 aliphatic carbocycles. The van der Waals surface area contributed by atoms with Crippen molar-refractivity contribution in [2.75, 3.05) is 26.4 Å². The molecule has 0 aliphatic rings. The summed E-state index contributed by atoms with van der Waals surface area (Å²) in [5.41, 5.74) is -1.14. The van der Waals surface area contributed by atoms with E-state index in [2.05, 4.69) is 0 Å². The van der Waals surface area contributed by atoms with E-state index in [-0.39, 0.29) is 6.61 Å². The first-order valence-corrected chi connectivity index (χ1v) is 6.57. The largest absolute Gasteiger partial charge is 0.460 e. The van der Waals surface area contributed by atoms with Crippen LogP contribution < -0.4 is 0 Å². The molecule has 0 unspecified atom stereocenters. The number of alkyl halides is 9. The van der Waals surface area contributed by atoms with Gasteiger partial charge in [-0.2, -0.15) is 39.5 Å². The van der Waals surface area contributed by atoms with Crippen molar-refractivity contribution in [3.05, 3.63) is 0 Å². The lowest BCUT2D eigenvalue weighted by molar-refractivity contribution is -0.396. The lowest BCUT2D eigenvalue weighted by Gasteiger charge is -2.33. The zero-order valence-corrected chi connectivity index (χ0v) is 12.4. The van der Waals surface area contributed by atoms with E-state index >= 15 is 0 Å². The molecule has 0 aliphatic heterocycles. The van der Waals surface area contributed by atoms with E-state index in [0.717, 1.165) is 0 Å². The molecular weight excluding hydrogens is 363 g/mol. The second-order valence-corrected chi connectivity index (χ2v) is 5.63. The minimum atomic E-state index is -6.89. The zero-order chi connectivity index (χ0) is 19.4. The predicted octanol–water partition coefficient (Wildman–Crippen LogP) is 3.24. The summed E-state index contributed by atoms with van der Waals surface area (Å²) >= 11 is 0. The normalized spacial score (nSPS) is 15.0. The summed E-state index contributed by atoms with van der Waals surface area (Å²) in [6.07, 6.45) is -9.75. The van der Waals surface area contributed by atoms with Gasteiger partial charge in [0, 0.05) is 18.4 Å². The van der Waals surface area contributed by atoms with Gasteiger partial charge in [-0.15, -0.1) is 0 Å². The Morgan fingerprint density at radius 2 is 1.25 bits per heavy atom. The maximum absolute atomic E-state index is 13.2. The third-order valence-electron chi connectivity index (χ3n) is 3.20. The number of halogens is 9. The highest BCUT2D eigenvalue weighted by atomic mass is 19.4. The first kappa shape index (κ1) is 23.2.